The molecular weight excluding hydrogens is 182 g/mol. The fourth-order valence-electron chi connectivity index (χ4n) is 1.61. The van der Waals surface area contributed by atoms with E-state index in [9.17, 15) is 4.79 Å². The fourth-order valence-corrected chi connectivity index (χ4v) is 1.61. The highest BCUT2D eigenvalue weighted by atomic mass is 16.5. The second-order valence-corrected chi connectivity index (χ2v) is 3.76. The van der Waals surface area contributed by atoms with Gasteiger partial charge in [-0.25, -0.2) is 0 Å². The molecule has 1 rings (SSSR count). The molecular formula is C10H19NO3. The monoisotopic (exact) mass is 201 g/mol. The van der Waals surface area contributed by atoms with Crippen LogP contribution in [-0.2, 0) is 14.3 Å². The zero-order valence-corrected chi connectivity index (χ0v) is 8.91. The lowest BCUT2D eigenvalue weighted by atomic mass is 9.99. The summed E-state index contributed by atoms with van der Waals surface area (Å²) in [5.41, 5.74) is 0. The Morgan fingerprint density at radius 3 is 2.79 bits per heavy atom. The molecule has 0 aromatic carbocycles. The van der Waals surface area contributed by atoms with Gasteiger partial charge in [0.2, 0.25) is 0 Å². The highest BCUT2D eigenvalue weighted by Gasteiger charge is 2.30. The van der Waals surface area contributed by atoms with Gasteiger partial charge in [0.25, 0.3) is 0 Å². The van der Waals surface area contributed by atoms with E-state index in [0.717, 1.165) is 19.5 Å². The van der Waals surface area contributed by atoms with Crippen molar-refractivity contribution in [3.8, 4) is 0 Å². The maximum Gasteiger partial charge on any atom is 0.310 e. The van der Waals surface area contributed by atoms with Crippen molar-refractivity contribution in [3.63, 3.8) is 0 Å². The van der Waals surface area contributed by atoms with Gasteiger partial charge in [-0.2, -0.15) is 0 Å². The molecule has 0 aliphatic carbocycles. The van der Waals surface area contributed by atoms with Crippen molar-refractivity contribution in [2.45, 2.75) is 13.3 Å². The SMILES string of the molecule is COCCCOC(=O)[C@@H]1CNC[C@H]1C. The summed E-state index contributed by atoms with van der Waals surface area (Å²) in [7, 11) is 1.64. The van der Waals surface area contributed by atoms with Crippen LogP contribution in [0.25, 0.3) is 0 Å². The van der Waals surface area contributed by atoms with E-state index in [-0.39, 0.29) is 11.9 Å². The second-order valence-electron chi connectivity index (χ2n) is 3.76. The number of methoxy groups -OCH3 is 1. The van der Waals surface area contributed by atoms with Gasteiger partial charge in [0, 0.05) is 26.7 Å². The maximum atomic E-state index is 11.5. The van der Waals surface area contributed by atoms with Crippen molar-refractivity contribution in [1.82, 2.24) is 5.32 Å². The van der Waals surface area contributed by atoms with Crippen molar-refractivity contribution in [2.75, 3.05) is 33.4 Å². The van der Waals surface area contributed by atoms with Crippen LogP contribution in [0.5, 0.6) is 0 Å². The smallest absolute Gasteiger partial charge is 0.310 e. The number of rotatable bonds is 5. The topological polar surface area (TPSA) is 47.6 Å². The second kappa shape index (κ2) is 5.98. The quantitative estimate of drug-likeness (QED) is 0.517. The highest BCUT2D eigenvalue weighted by Crippen LogP contribution is 2.17. The van der Waals surface area contributed by atoms with E-state index in [1.165, 1.54) is 0 Å². The molecule has 1 aliphatic heterocycles. The summed E-state index contributed by atoms with van der Waals surface area (Å²) in [4.78, 5) is 11.5. The van der Waals surface area contributed by atoms with Crippen LogP contribution < -0.4 is 5.32 Å². The Labute approximate surface area is 85.0 Å². The summed E-state index contributed by atoms with van der Waals surface area (Å²) in [6.07, 6.45) is 0.775. The number of carbonyl (C=O) groups excluding carboxylic acids is 1. The molecule has 1 aliphatic rings. The van der Waals surface area contributed by atoms with Crippen molar-refractivity contribution < 1.29 is 14.3 Å². The molecule has 82 valence electrons. The van der Waals surface area contributed by atoms with Gasteiger partial charge in [-0.15, -0.1) is 0 Å². The lowest BCUT2D eigenvalue weighted by Gasteiger charge is -2.12. The van der Waals surface area contributed by atoms with Gasteiger partial charge in [-0.1, -0.05) is 6.92 Å². The summed E-state index contributed by atoms with van der Waals surface area (Å²) >= 11 is 0. The Morgan fingerprint density at radius 2 is 2.21 bits per heavy atom. The van der Waals surface area contributed by atoms with Gasteiger partial charge in [0.15, 0.2) is 0 Å². The van der Waals surface area contributed by atoms with Crippen molar-refractivity contribution >= 4 is 5.97 Å². The Bertz CT molecular complexity index is 184. The fraction of sp³-hybridized carbons (Fsp3) is 0.900. The van der Waals surface area contributed by atoms with E-state index in [0.29, 0.717) is 19.1 Å². The van der Waals surface area contributed by atoms with Crippen LogP contribution in [0.2, 0.25) is 0 Å². The highest BCUT2D eigenvalue weighted by molar-refractivity contribution is 5.73. The van der Waals surface area contributed by atoms with Gasteiger partial charge in [-0.05, 0) is 12.5 Å². The average molecular weight is 201 g/mol. The molecule has 0 aromatic heterocycles. The summed E-state index contributed by atoms with van der Waals surface area (Å²) in [5, 5.41) is 3.18. The number of nitrogens with one attached hydrogen (secondary N) is 1. The molecule has 14 heavy (non-hydrogen) atoms. The summed E-state index contributed by atoms with van der Waals surface area (Å²) in [6, 6.07) is 0. The zero-order valence-electron chi connectivity index (χ0n) is 8.91. The number of ether oxygens (including phenoxy) is 2. The first kappa shape index (κ1) is 11.5. The van der Waals surface area contributed by atoms with Crippen LogP contribution in [0.15, 0.2) is 0 Å². The zero-order chi connectivity index (χ0) is 10.4. The minimum atomic E-state index is -0.0707. The molecule has 1 N–H and O–H groups in total. The first-order valence-corrected chi connectivity index (χ1v) is 5.12. The molecule has 1 saturated heterocycles. The van der Waals surface area contributed by atoms with Crippen LogP contribution >= 0.6 is 0 Å². The Kier molecular flexibility index (Phi) is 4.90. The van der Waals surface area contributed by atoms with Crippen molar-refractivity contribution in [2.24, 2.45) is 11.8 Å². The normalized spacial score (nSPS) is 26.4. The molecule has 0 bridgehead atoms. The van der Waals surface area contributed by atoms with Crippen LogP contribution in [0, 0.1) is 11.8 Å². The van der Waals surface area contributed by atoms with E-state index in [1.54, 1.807) is 7.11 Å². The summed E-state index contributed by atoms with van der Waals surface area (Å²) in [6.45, 7) is 4.85. The molecule has 4 heteroatoms. The lowest BCUT2D eigenvalue weighted by Crippen LogP contribution is -2.24. The third kappa shape index (κ3) is 3.27. The molecule has 0 aromatic rings. The van der Waals surface area contributed by atoms with Crippen LogP contribution in [-0.4, -0.2) is 39.4 Å². The van der Waals surface area contributed by atoms with Gasteiger partial charge in [-0.3, -0.25) is 4.79 Å². The first-order chi connectivity index (χ1) is 6.75. The third-order valence-electron chi connectivity index (χ3n) is 2.56. The standard InChI is InChI=1S/C10H19NO3/c1-8-6-11-7-9(8)10(12)14-5-3-4-13-2/h8-9,11H,3-7H2,1-2H3/t8-,9-/m1/s1. The molecule has 0 saturated carbocycles. The molecule has 2 atom stereocenters. The lowest BCUT2D eigenvalue weighted by molar-refractivity contribution is -0.149. The van der Waals surface area contributed by atoms with E-state index >= 15 is 0 Å². The van der Waals surface area contributed by atoms with Crippen molar-refractivity contribution in [1.29, 1.82) is 0 Å². The van der Waals surface area contributed by atoms with Crippen LogP contribution in [0.3, 0.4) is 0 Å². The summed E-state index contributed by atoms with van der Waals surface area (Å²) < 4.78 is 10.0. The van der Waals surface area contributed by atoms with Gasteiger partial charge >= 0.3 is 5.97 Å². The third-order valence-corrected chi connectivity index (χ3v) is 2.56. The minimum Gasteiger partial charge on any atom is -0.465 e. The van der Waals surface area contributed by atoms with Gasteiger partial charge < -0.3 is 14.8 Å². The van der Waals surface area contributed by atoms with E-state index in [1.807, 2.05) is 0 Å². The van der Waals surface area contributed by atoms with Crippen molar-refractivity contribution in [3.05, 3.63) is 0 Å². The summed E-state index contributed by atoms with van der Waals surface area (Å²) in [5.74, 6) is 0.362. The van der Waals surface area contributed by atoms with Gasteiger partial charge in [0.1, 0.15) is 0 Å². The first-order valence-electron chi connectivity index (χ1n) is 5.12. The molecule has 4 nitrogen and oxygen atoms in total. The number of hydrogen-bond acceptors (Lipinski definition) is 4. The number of carbonyl (C=O) groups is 1. The molecule has 0 spiro atoms. The maximum absolute atomic E-state index is 11.5. The predicted molar refractivity (Wildman–Crippen MR) is 53.0 cm³/mol. The number of esters is 1. The van der Waals surface area contributed by atoms with Crippen LogP contribution in [0.1, 0.15) is 13.3 Å². The van der Waals surface area contributed by atoms with E-state index < -0.39 is 0 Å². The van der Waals surface area contributed by atoms with E-state index in [2.05, 4.69) is 12.2 Å². The van der Waals surface area contributed by atoms with Gasteiger partial charge in [0.05, 0.1) is 12.5 Å². The largest absolute Gasteiger partial charge is 0.465 e. The molecule has 0 radical (unpaired) electrons. The Morgan fingerprint density at radius 1 is 1.43 bits per heavy atom. The average Bonchev–Trinajstić information content (AvgIpc) is 2.59. The molecule has 1 fully saturated rings. The predicted octanol–water partition coefficient (Wildman–Crippen LogP) is 0.422. The molecule has 0 amide bonds. The van der Waals surface area contributed by atoms with E-state index in [4.69, 9.17) is 9.47 Å². The number of hydrogen-bond donors (Lipinski definition) is 1. The van der Waals surface area contributed by atoms with Crippen LogP contribution in [0.4, 0.5) is 0 Å². The molecule has 0 unspecified atom stereocenters. The Balaban J connectivity index is 2.14. The minimum absolute atomic E-state index is 0.0394. The molecule has 1 heterocycles. The Hall–Kier alpha value is -0.610.